The lowest BCUT2D eigenvalue weighted by Crippen LogP contribution is -2.36. The van der Waals surface area contributed by atoms with Crippen LogP contribution in [0.4, 0.5) is 0 Å². The van der Waals surface area contributed by atoms with Gasteiger partial charge in [0.1, 0.15) is 0 Å². The van der Waals surface area contributed by atoms with Crippen LogP contribution >= 0.6 is 11.6 Å². The molecule has 0 radical (unpaired) electrons. The van der Waals surface area contributed by atoms with Gasteiger partial charge < -0.3 is 0 Å². The predicted molar refractivity (Wildman–Crippen MR) is 74.6 cm³/mol. The van der Waals surface area contributed by atoms with Crippen molar-refractivity contribution in [3.8, 4) is 0 Å². The molecular formula is C13H12ClNO3S. The number of halogens is 1. The van der Waals surface area contributed by atoms with Crippen molar-refractivity contribution in [2.45, 2.75) is 17.9 Å². The molecule has 0 bridgehead atoms. The van der Waals surface area contributed by atoms with Gasteiger partial charge in [0.05, 0.1) is 10.9 Å². The van der Waals surface area contributed by atoms with Crippen LogP contribution in [0, 0.1) is 0 Å². The zero-order valence-electron chi connectivity index (χ0n) is 10.1. The molecule has 4 nitrogen and oxygen atoms in total. The molecule has 0 aliphatic rings. The molecule has 0 amide bonds. The van der Waals surface area contributed by atoms with E-state index in [1.165, 1.54) is 13.0 Å². The number of hydrogen-bond acceptors (Lipinski definition) is 3. The van der Waals surface area contributed by atoms with Crippen LogP contribution in [0.1, 0.15) is 6.92 Å². The number of nitrogens with one attached hydrogen (secondary N) is 1. The van der Waals surface area contributed by atoms with Gasteiger partial charge in [0.2, 0.25) is 15.3 Å². The van der Waals surface area contributed by atoms with Crippen LogP contribution in [-0.2, 0) is 14.8 Å². The third kappa shape index (κ3) is 3.12. The third-order valence-electron chi connectivity index (χ3n) is 2.70. The molecule has 0 aromatic heterocycles. The summed E-state index contributed by atoms with van der Waals surface area (Å²) in [5.74, 6) is 0. The van der Waals surface area contributed by atoms with Crippen LogP contribution in [0.3, 0.4) is 0 Å². The topological polar surface area (TPSA) is 63.2 Å². The summed E-state index contributed by atoms with van der Waals surface area (Å²) in [7, 11) is -3.75. The summed E-state index contributed by atoms with van der Waals surface area (Å²) >= 11 is 5.25. The molecule has 1 N–H and O–H groups in total. The molecule has 6 heteroatoms. The first-order valence-electron chi connectivity index (χ1n) is 5.60. The summed E-state index contributed by atoms with van der Waals surface area (Å²) in [6, 6.07) is 11.2. The first kappa shape index (κ1) is 14.0. The van der Waals surface area contributed by atoms with E-state index in [2.05, 4.69) is 4.72 Å². The second-order valence-electron chi connectivity index (χ2n) is 4.16. The Kier molecular flexibility index (Phi) is 3.89. The van der Waals surface area contributed by atoms with Crippen molar-refractivity contribution in [3.63, 3.8) is 0 Å². The standard InChI is InChI=1S/C13H12ClNO3S/c1-9(13(14)16)15-19(17,18)12-7-6-10-4-2-3-5-11(10)8-12/h2-9,15H,1H3/t9-/m0/s1. The molecule has 0 fully saturated rings. The van der Waals surface area contributed by atoms with Crippen molar-refractivity contribution in [1.82, 2.24) is 4.72 Å². The largest absolute Gasteiger partial charge is 0.279 e. The molecule has 0 spiro atoms. The van der Waals surface area contributed by atoms with E-state index < -0.39 is 21.3 Å². The van der Waals surface area contributed by atoms with Gasteiger partial charge in [0.15, 0.2) is 0 Å². The van der Waals surface area contributed by atoms with E-state index in [0.29, 0.717) is 0 Å². The average molecular weight is 298 g/mol. The quantitative estimate of drug-likeness (QED) is 0.881. The number of sulfonamides is 1. The lowest BCUT2D eigenvalue weighted by molar-refractivity contribution is -0.112. The molecule has 2 rings (SSSR count). The van der Waals surface area contributed by atoms with E-state index in [0.717, 1.165) is 10.8 Å². The van der Waals surface area contributed by atoms with Crippen LogP contribution in [0.25, 0.3) is 10.8 Å². The van der Waals surface area contributed by atoms with Gasteiger partial charge in [0, 0.05) is 0 Å². The summed E-state index contributed by atoms with van der Waals surface area (Å²) in [5, 5.41) is 1.02. The molecule has 19 heavy (non-hydrogen) atoms. The molecule has 100 valence electrons. The fourth-order valence-corrected chi connectivity index (χ4v) is 3.04. The van der Waals surface area contributed by atoms with Gasteiger partial charge in [-0.15, -0.1) is 0 Å². The Morgan fingerprint density at radius 2 is 1.79 bits per heavy atom. The van der Waals surface area contributed by atoms with E-state index in [1.807, 2.05) is 24.3 Å². The normalized spacial score (nSPS) is 13.4. The average Bonchev–Trinajstić information content (AvgIpc) is 2.37. The molecule has 0 saturated carbocycles. The summed E-state index contributed by atoms with van der Waals surface area (Å²) in [6.07, 6.45) is 0. The number of hydrogen-bond donors (Lipinski definition) is 1. The fourth-order valence-electron chi connectivity index (χ4n) is 1.68. The molecule has 0 aliphatic carbocycles. The van der Waals surface area contributed by atoms with Gasteiger partial charge in [0.25, 0.3) is 0 Å². The molecule has 0 aliphatic heterocycles. The second-order valence-corrected chi connectivity index (χ2v) is 6.24. The number of rotatable bonds is 4. The molecule has 0 saturated heterocycles. The highest BCUT2D eigenvalue weighted by atomic mass is 35.5. The van der Waals surface area contributed by atoms with E-state index >= 15 is 0 Å². The number of benzene rings is 2. The first-order chi connectivity index (χ1) is 8.90. The van der Waals surface area contributed by atoms with Gasteiger partial charge >= 0.3 is 0 Å². The summed E-state index contributed by atoms with van der Waals surface area (Å²) in [6.45, 7) is 1.40. The van der Waals surface area contributed by atoms with Crippen molar-refractivity contribution >= 4 is 37.6 Å². The Labute approximate surface area is 116 Å². The number of carbonyl (C=O) groups excluding carboxylic acids is 1. The Morgan fingerprint density at radius 3 is 2.42 bits per heavy atom. The van der Waals surface area contributed by atoms with E-state index in [1.54, 1.807) is 12.1 Å². The zero-order chi connectivity index (χ0) is 14.0. The molecular weight excluding hydrogens is 286 g/mol. The summed E-state index contributed by atoms with van der Waals surface area (Å²) in [5.41, 5.74) is 0. The van der Waals surface area contributed by atoms with Crippen LogP contribution in [0.15, 0.2) is 47.4 Å². The van der Waals surface area contributed by atoms with Gasteiger partial charge in [-0.2, -0.15) is 4.72 Å². The van der Waals surface area contributed by atoms with Gasteiger partial charge in [-0.1, -0.05) is 30.3 Å². The minimum absolute atomic E-state index is 0.107. The van der Waals surface area contributed by atoms with E-state index in [-0.39, 0.29) is 4.90 Å². The van der Waals surface area contributed by atoms with Crippen molar-refractivity contribution in [3.05, 3.63) is 42.5 Å². The Morgan fingerprint density at radius 1 is 1.16 bits per heavy atom. The molecule has 0 heterocycles. The van der Waals surface area contributed by atoms with Gasteiger partial charge in [-0.25, -0.2) is 8.42 Å². The van der Waals surface area contributed by atoms with Crippen LogP contribution < -0.4 is 4.72 Å². The third-order valence-corrected chi connectivity index (χ3v) is 4.57. The maximum absolute atomic E-state index is 12.1. The van der Waals surface area contributed by atoms with Gasteiger partial charge in [-0.05, 0) is 41.4 Å². The van der Waals surface area contributed by atoms with E-state index in [4.69, 9.17) is 11.6 Å². The van der Waals surface area contributed by atoms with Crippen LogP contribution in [0.2, 0.25) is 0 Å². The Hall–Kier alpha value is -1.43. The molecule has 2 aromatic rings. The zero-order valence-corrected chi connectivity index (χ0v) is 11.7. The Balaban J connectivity index is 2.40. The highest BCUT2D eigenvalue weighted by molar-refractivity contribution is 7.89. The molecule has 1 atom stereocenters. The fraction of sp³-hybridized carbons (Fsp3) is 0.154. The van der Waals surface area contributed by atoms with Gasteiger partial charge in [-0.3, -0.25) is 4.79 Å². The minimum Gasteiger partial charge on any atom is -0.279 e. The highest BCUT2D eigenvalue weighted by Gasteiger charge is 2.20. The minimum atomic E-state index is -3.75. The van der Waals surface area contributed by atoms with Crippen molar-refractivity contribution in [2.24, 2.45) is 0 Å². The van der Waals surface area contributed by atoms with Crippen LogP contribution in [0.5, 0.6) is 0 Å². The number of carbonyl (C=O) groups is 1. The monoisotopic (exact) mass is 297 g/mol. The molecule has 2 aromatic carbocycles. The van der Waals surface area contributed by atoms with Crippen LogP contribution in [-0.4, -0.2) is 19.7 Å². The smallest absolute Gasteiger partial charge is 0.241 e. The lowest BCUT2D eigenvalue weighted by atomic mass is 10.1. The predicted octanol–water partition coefficient (Wildman–Crippen LogP) is 2.27. The number of fused-ring (bicyclic) bond motifs is 1. The Bertz CT molecular complexity index is 728. The molecule has 0 unspecified atom stereocenters. The maximum atomic E-state index is 12.1. The van der Waals surface area contributed by atoms with E-state index in [9.17, 15) is 13.2 Å². The summed E-state index contributed by atoms with van der Waals surface area (Å²) < 4.78 is 26.4. The first-order valence-corrected chi connectivity index (χ1v) is 7.47. The van der Waals surface area contributed by atoms with Crippen molar-refractivity contribution < 1.29 is 13.2 Å². The second kappa shape index (κ2) is 5.28. The van der Waals surface area contributed by atoms with Crippen molar-refractivity contribution in [1.29, 1.82) is 0 Å². The maximum Gasteiger partial charge on any atom is 0.241 e. The van der Waals surface area contributed by atoms with Crippen molar-refractivity contribution in [2.75, 3.05) is 0 Å². The summed E-state index contributed by atoms with van der Waals surface area (Å²) in [4.78, 5) is 11.0. The SMILES string of the molecule is C[C@H](NS(=O)(=O)c1ccc2ccccc2c1)C(=O)Cl. The lowest BCUT2D eigenvalue weighted by Gasteiger charge is -2.10. The highest BCUT2D eigenvalue weighted by Crippen LogP contribution is 2.19.